The van der Waals surface area contributed by atoms with Gasteiger partial charge in [0.25, 0.3) is 5.69 Å². The number of aliphatic hydroxyl groups excluding tert-OH is 1. The Morgan fingerprint density at radius 3 is 2.79 bits per heavy atom. The van der Waals surface area contributed by atoms with Crippen molar-refractivity contribution in [3.63, 3.8) is 0 Å². The number of hydrogen-bond acceptors (Lipinski definition) is 4. The molecule has 6 heteroatoms. The van der Waals surface area contributed by atoms with E-state index in [0.717, 1.165) is 12.8 Å². The van der Waals surface area contributed by atoms with Crippen LogP contribution in [-0.4, -0.2) is 15.8 Å². The van der Waals surface area contributed by atoms with Gasteiger partial charge in [-0.3, -0.25) is 14.9 Å². The van der Waals surface area contributed by atoms with Crippen molar-refractivity contribution in [2.24, 2.45) is 5.92 Å². The number of nitro benzene ring substituents is 1. The summed E-state index contributed by atoms with van der Waals surface area (Å²) in [7, 11) is 0. The molecule has 102 valence electrons. The normalized spacial score (nSPS) is 21.2. The van der Waals surface area contributed by atoms with E-state index in [2.05, 4.69) is 15.9 Å². The summed E-state index contributed by atoms with van der Waals surface area (Å²) in [6.45, 7) is 0. The van der Waals surface area contributed by atoms with Crippen LogP contribution in [0.4, 0.5) is 5.69 Å². The lowest BCUT2D eigenvalue weighted by molar-refractivity contribution is -0.386. The Morgan fingerprint density at radius 1 is 1.42 bits per heavy atom. The molecular weight excluding hydrogens is 314 g/mol. The highest BCUT2D eigenvalue weighted by molar-refractivity contribution is 9.10. The maximum absolute atomic E-state index is 11.8. The SMILES string of the molecule is O=C1CCCC[C@@H]1[C@H](O)c1ccc(Br)cc1[N+](=O)[O-]. The molecule has 5 nitrogen and oxygen atoms in total. The molecule has 0 radical (unpaired) electrons. The number of ketones is 1. The fourth-order valence-electron chi connectivity index (χ4n) is 2.49. The molecule has 1 aromatic carbocycles. The maximum atomic E-state index is 11.8. The molecule has 0 heterocycles. The first-order valence-corrected chi connectivity index (χ1v) is 6.94. The van der Waals surface area contributed by atoms with E-state index in [1.165, 1.54) is 12.1 Å². The first kappa shape index (κ1) is 14.1. The van der Waals surface area contributed by atoms with E-state index in [1.807, 2.05) is 0 Å². The second-order valence-corrected chi connectivity index (χ2v) is 5.64. The number of carbonyl (C=O) groups is 1. The largest absolute Gasteiger partial charge is 0.387 e. The average Bonchev–Trinajstić information content (AvgIpc) is 2.38. The zero-order chi connectivity index (χ0) is 14.0. The number of nitro groups is 1. The molecule has 0 unspecified atom stereocenters. The van der Waals surface area contributed by atoms with Crippen LogP contribution >= 0.6 is 15.9 Å². The van der Waals surface area contributed by atoms with Gasteiger partial charge in [0, 0.05) is 22.9 Å². The Balaban J connectivity index is 2.35. The number of carbonyl (C=O) groups excluding carboxylic acids is 1. The molecule has 1 fully saturated rings. The molecule has 2 rings (SSSR count). The van der Waals surface area contributed by atoms with Crippen LogP contribution in [-0.2, 0) is 4.79 Å². The highest BCUT2D eigenvalue weighted by Crippen LogP contribution is 2.37. The summed E-state index contributed by atoms with van der Waals surface area (Å²) in [5.41, 5.74) is 0.0636. The van der Waals surface area contributed by atoms with E-state index >= 15 is 0 Å². The molecular formula is C13H14BrNO4. The average molecular weight is 328 g/mol. The van der Waals surface area contributed by atoms with Gasteiger partial charge in [0.2, 0.25) is 0 Å². The smallest absolute Gasteiger partial charge is 0.276 e. The summed E-state index contributed by atoms with van der Waals surface area (Å²) in [4.78, 5) is 22.3. The van der Waals surface area contributed by atoms with Gasteiger partial charge in [0.05, 0.1) is 16.6 Å². The lowest BCUT2D eigenvalue weighted by Gasteiger charge is -2.25. The first-order chi connectivity index (χ1) is 9.00. The molecule has 0 bridgehead atoms. The lowest BCUT2D eigenvalue weighted by Crippen LogP contribution is -2.26. The molecule has 1 saturated carbocycles. The summed E-state index contributed by atoms with van der Waals surface area (Å²) in [6, 6.07) is 4.50. The molecule has 1 aromatic rings. The predicted octanol–water partition coefficient (Wildman–Crippen LogP) is 3.15. The van der Waals surface area contributed by atoms with Gasteiger partial charge < -0.3 is 5.11 Å². The quantitative estimate of drug-likeness (QED) is 0.683. The zero-order valence-corrected chi connectivity index (χ0v) is 11.8. The van der Waals surface area contributed by atoms with Crippen molar-refractivity contribution in [3.05, 3.63) is 38.3 Å². The van der Waals surface area contributed by atoms with Crippen molar-refractivity contribution in [2.45, 2.75) is 31.8 Å². The highest BCUT2D eigenvalue weighted by atomic mass is 79.9. The third-order valence-corrected chi connectivity index (χ3v) is 3.98. The lowest BCUT2D eigenvalue weighted by atomic mass is 9.81. The minimum atomic E-state index is -1.10. The number of Topliss-reactive ketones (excluding diaryl/α,β-unsaturated/α-hetero) is 1. The van der Waals surface area contributed by atoms with Crippen molar-refractivity contribution in [1.82, 2.24) is 0 Å². The van der Waals surface area contributed by atoms with Crippen LogP contribution in [0.1, 0.15) is 37.4 Å². The molecule has 0 saturated heterocycles. The fourth-order valence-corrected chi connectivity index (χ4v) is 2.83. The molecule has 0 amide bonds. The Kier molecular flexibility index (Phi) is 4.31. The number of benzene rings is 1. The van der Waals surface area contributed by atoms with Crippen molar-refractivity contribution >= 4 is 27.4 Å². The molecule has 0 spiro atoms. The van der Waals surface area contributed by atoms with Crippen LogP contribution < -0.4 is 0 Å². The van der Waals surface area contributed by atoms with E-state index in [-0.39, 0.29) is 17.0 Å². The fraction of sp³-hybridized carbons (Fsp3) is 0.462. The van der Waals surface area contributed by atoms with Gasteiger partial charge in [-0.2, -0.15) is 0 Å². The monoisotopic (exact) mass is 327 g/mol. The Labute approximate surface area is 118 Å². The molecule has 1 aliphatic carbocycles. The molecule has 1 aliphatic rings. The summed E-state index contributed by atoms with van der Waals surface area (Å²) in [5.74, 6) is -0.524. The maximum Gasteiger partial charge on any atom is 0.276 e. The number of nitrogens with zero attached hydrogens (tertiary/aromatic N) is 1. The topological polar surface area (TPSA) is 80.4 Å². The molecule has 19 heavy (non-hydrogen) atoms. The van der Waals surface area contributed by atoms with Crippen molar-refractivity contribution in [1.29, 1.82) is 0 Å². The van der Waals surface area contributed by atoms with Crippen molar-refractivity contribution in [3.8, 4) is 0 Å². The van der Waals surface area contributed by atoms with Gasteiger partial charge in [-0.15, -0.1) is 0 Å². The standard InChI is InChI=1S/C13H14BrNO4/c14-8-5-6-9(11(7-8)15(18)19)13(17)10-3-1-2-4-12(10)16/h5-7,10,13,17H,1-4H2/t10-,13+/m0/s1. The third-order valence-electron chi connectivity index (χ3n) is 3.49. The number of rotatable bonds is 3. The highest BCUT2D eigenvalue weighted by Gasteiger charge is 2.33. The number of aliphatic hydroxyl groups is 1. The van der Waals surface area contributed by atoms with Crippen LogP contribution in [0, 0.1) is 16.0 Å². The summed E-state index contributed by atoms with van der Waals surface area (Å²) in [6.07, 6.45) is 1.66. The van der Waals surface area contributed by atoms with Crippen LogP contribution in [0.3, 0.4) is 0 Å². The van der Waals surface area contributed by atoms with Gasteiger partial charge in [-0.25, -0.2) is 0 Å². The van der Waals surface area contributed by atoms with Crippen LogP contribution in [0.25, 0.3) is 0 Å². The van der Waals surface area contributed by atoms with E-state index in [0.29, 0.717) is 17.3 Å². The second-order valence-electron chi connectivity index (χ2n) is 4.72. The summed E-state index contributed by atoms with van der Waals surface area (Å²) in [5, 5.41) is 21.3. The van der Waals surface area contributed by atoms with Gasteiger partial charge >= 0.3 is 0 Å². The summed E-state index contributed by atoms with van der Waals surface area (Å²) < 4.78 is 0.574. The predicted molar refractivity (Wildman–Crippen MR) is 72.7 cm³/mol. The Morgan fingerprint density at radius 2 is 2.16 bits per heavy atom. The van der Waals surface area contributed by atoms with E-state index in [1.54, 1.807) is 6.07 Å². The molecule has 0 aliphatic heterocycles. The molecule has 1 N–H and O–H groups in total. The van der Waals surface area contributed by atoms with Gasteiger partial charge in [-0.1, -0.05) is 22.4 Å². The van der Waals surface area contributed by atoms with Crippen LogP contribution in [0.5, 0.6) is 0 Å². The van der Waals surface area contributed by atoms with Crippen LogP contribution in [0.2, 0.25) is 0 Å². The third kappa shape index (κ3) is 3.01. The minimum absolute atomic E-state index is 0.00373. The van der Waals surface area contributed by atoms with E-state index in [4.69, 9.17) is 0 Å². The van der Waals surface area contributed by atoms with Gasteiger partial charge in [0.15, 0.2) is 0 Å². The summed E-state index contributed by atoms with van der Waals surface area (Å²) >= 11 is 3.17. The van der Waals surface area contributed by atoms with Gasteiger partial charge in [-0.05, 0) is 25.0 Å². The Hall–Kier alpha value is -1.27. The van der Waals surface area contributed by atoms with Crippen molar-refractivity contribution < 1.29 is 14.8 Å². The number of hydrogen-bond donors (Lipinski definition) is 1. The van der Waals surface area contributed by atoms with E-state index < -0.39 is 16.9 Å². The Bertz CT molecular complexity index is 517. The van der Waals surface area contributed by atoms with E-state index in [9.17, 15) is 20.0 Å². The van der Waals surface area contributed by atoms with Crippen molar-refractivity contribution in [2.75, 3.05) is 0 Å². The minimum Gasteiger partial charge on any atom is -0.387 e. The molecule has 0 aromatic heterocycles. The van der Waals surface area contributed by atoms with Gasteiger partial charge in [0.1, 0.15) is 5.78 Å². The zero-order valence-electron chi connectivity index (χ0n) is 10.2. The molecule has 2 atom stereocenters. The van der Waals surface area contributed by atoms with Crippen LogP contribution in [0.15, 0.2) is 22.7 Å². The first-order valence-electron chi connectivity index (χ1n) is 6.15. The number of halogens is 1. The second kappa shape index (κ2) is 5.79.